The Morgan fingerprint density at radius 2 is 2.38 bits per heavy atom. The van der Waals surface area contributed by atoms with Gasteiger partial charge >= 0.3 is 0 Å². The molecule has 2 rings (SSSR count). The lowest BCUT2D eigenvalue weighted by Gasteiger charge is -2.06. The highest BCUT2D eigenvalue weighted by molar-refractivity contribution is 7.71. The van der Waals surface area contributed by atoms with E-state index >= 15 is 0 Å². The van der Waals surface area contributed by atoms with Crippen LogP contribution >= 0.6 is 12.2 Å². The van der Waals surface area contributed by atoms with Gasteiger partial charge in [0.05, 0.1) is 29.3 Å². The van der Waals surface area contributed by atoms with Crippen molar-refractivity contribution in [3.63, 3.8) is 0 Å². The number of rotatable bonds is 6. The van der Waals surface area contributed by atoms with Gasteiger partial charge in [0.25, 0.3) is 0 Å². The maximum absolute atomic E-state index is 11.7. The molecule has 110 valence electrons. The summed E-state index contributed by atoms with van der Waals surface area (Å²) in [6.45, 7) is 1.45. The topological polar surface area (TPSA) is 82.8 Å². The molecule has 0 aliphatic heterocycles. The zero-order chi connectivity index (χ0) is 15.2. The Hall–Kier alpha value is -2.17. The summed E-state index contributed by atoms with van der Waals surface area (Å²) >= 11 is 5.26. The number of benzene rings is 1. The third kappa shape index (κ3) is 3.68. The Labute approximate surface area is 127 Å². The third-order valence-electron chi connectivity index (χ3n) is 3.10. The number of hydrogen-bond donors (Lipinski definition) is 2. The lowest BCUT2D eigenvalue weighted by atomic mass is 10.2. The SMILES string of the molecule is COCCNC(=O)CCn1c(=S)[nH]c2ccc(C#N)cc21. The normalized spacial score (nSPS) is 10.5. The van der Waals surface area contributed by atoms with E-state index in [1.807, 2.05) is 10.6 Å². The van der Waals surface area contributed by atoms with Crippen LogP contribution in [0.5, 0.6) is 0 Å². The maximum Gasteiger partial charge on any atom is 0.221 e. The predicted molar refractivity (Wildman–Crippen MR) is 81.3 cm³/mol. The quantitative estimate of drug-likeness (QED) is 0.629. The van der Waals surface area contributed by atoms with Gasteiger partial charge in [-0.3, -0.25) is 4.79 Å². The van der Waals surface area contributed by atoms with Crippen LogP contribution in [0.1, 0.15) is 12.0 Å². The molecule has 0 fully saturated rings. The van der Waals surface area contributed by atoms with E-state index in [9.17, 15) is 4.79 Å². The summed E-state index contributed by atoms with van der Waals surface area (Å²) in [5, 5.41) is 11.7. The van der Waals surface area contributed by atoms with Gasteiger partial charge in [-0.25, -0.2) is 0 Å². The average Bonchev–Trinajstić information content (AvgIpc) is 2.80. The Kier molecular flexibility index (Phi) is 5.09. The molecule has 1 aromatic carbocycles. The van der Waals surface area contributed by atoms with Crippen LogP contribution < -0.4 is 5.32 Å². The second-order valence-electron chi connectivity index (χ2n) is 4.52. The van der Waals surface area contributed by atoms with Gasteiger partial charge in [-0.2, -0.15) is 5.26 Å². The largest absolute Gasteiger partial charge is 0.383 e. The van der Waals surface area contributed by atoms with Crippen LogP contribution in [0.3, 0.4) is 0 Å². The fourth-order valence-corrected chi connectivity index (χ4v) is 2.34. The number of hydrogen-bond acceptors (Lipinski definition) is 4. The van der Waals surface area contributed by atoms with Crippen molar-refractivity contribution in [2.75, 3.05) is 20.3 Å². The van der Waals surface area contributed by atoms with Gasteiger partial charge < -0.3 is 19.6 Å². The van der Waals surface area contributed by atoms with Crippen LogP contribution in [0.15, 0.2) is 18.2 Å². The first-order valence-corrected chi connectivity index (χ1v) is 6.95. The van der Waals surface area contributed by atoms with E-state index in [-0.39, 0.29) is 5.91 Å². The monoisotopic (exact) mass is 304 g/mol. The summed E-state index contributed by atoms with van der Waals surface area (Å²) in [5.41, 5.74) is 2.26. The minimum Gasteiger partial charge on any atom is -0.383 e. The number of nitrogens with zero attached hydrogens (tertiary/aromatic N) is 2. The standard InChI is InChI=1S/C14H16N4O2S/c1-20-7-5-16-13(19)4-6-18-12-8-10(9-15)2-3-11(12)17-14(18)21/h2-3,8H,4-7H2,1H3,(H,16,19)(H,17,21). The fourth-order valence-electron chi connectivity index (χ4n) is 2.04. The zero-order valence-electron chi connectivity index (χ0n) is 11.7. The van der Waals surface area contributed by atoms with Gasteiger partial charge in [-0.1, -0.05) is 0 Å². The number of nitrogens with one attached hydrogen (secondary N) is 2. The molecule has 0 saturated heterocycles. The number of methoxy groups -OCH3 is 1. The molecule has 0 saturated carbocycles. The predicted octanol–water partition coefficient (Wildman–Crippen LogP) is 1.72. The number of carbonyl (C=O) groups excluding carboxylic acids is 1. The summed E-state index contributed by atoms with van der Waals surface area (Å²) in [5.74, 6) is -0.0558. The van der Waals surface area contributed by atoms with Crippen LogP contribution in [0, 0.1) is 16.1 Å². The lowest BCUT2D eigenvalue weighted by Crippen LogP contribution is -2.27. The number of aromatic nitrogens is 2. The van der Waals surface area contributed by atoms with E-state index in [0.29, 0.717) is 36.5 Å². The highest BCUT2D eigenvalue weighted by Crippen LogP contribution is 2.16. The van der Waals surface area contributed by atoms with E-state index in [1.54, 1.807) is 19.2 Å². The van der Waals surface area contributed by atoms with Crippen molar-refractivity contribution in [3.8, 4) is 6.07 Å². The Bertz CT molecular complexity index is 741. The number of aryl methyl sites for hydroxylation is 1. The van der Waals surface area contributed by atoms with Gasteiger partial charge in [0.2, 0.25) is 5.91 Å². The molecule has 0 aliphatic rings. The molecule has 1 heterocycles. The van der Waals surface area contributed by atoms with Crippen molar-refractivity contribution in [1.82, 2.24) is 14.9 Å². The van der Waals surface area contributed by atoms with E-state index in [4.69, 9.17) is 22.2 Å². The van der Waals surface area contributed by atoms with Crippen LogP contribution in [0.25, 0.3) is 11.0 Å². The number of H-pyrrole nitrogens is 1. The molecule has 0 radical (unpaired) electrons. The van der Waals surface area contributed by atoms with Gasteiger partial charge in [-0.05, 0) is 30.4 Å². The van der Waals surface area contributed by atoms with Gasteiger partial charge in [0.15, 0.2) is 4.77 Å². The number of nitriles is 1. The van der Waals surface area contributed by atoms with Crippen molar-refractivity contribution in [2.45, 2.75) is 13.0 Å². The van der Waals surface area contributed by atoms with Gasteiger partial charge in [-0.15, -0.1) is 0 Å². The van der Waals surface area contributed by atoms with Crippen molar-refractivity contribution < 1.29 is 9.53 Å². The molecule has 21 heavy (non-hydrogen) atoms. The van der Waals surface area contributed by atoms with E-state index in [1.165, 1.54) is 0 Å². The number of amides is 1. The third-order valence-corrected chi connectivity index (χ3v) is 3.42. The second kappa shape index (κ2) is 7.02. The van der Waals surface area contributed by atoms with Crippen molar-refractivity contribution in [3.05, 3.63) is 28.5 Å². The van der Waals surface area contributed by atoms with Crippen LogP contribution in [-0.2, 0) is 16.1 Å². The fraction of sp³-hybridized carbons (Fsp3) is 0.357. The molecule has 7 heteroatoms. The molecular weight excluding hydrogens is 288 g/mol. The molecule has 0 atom stereocenters. The minimum absolute atomic E-state index is 0.0558. The number of imidazole rings is 1. The summed E-state index contributed by atoms with van der Waals surface area (Å²) in [6.07, 6.45) is 0.321. The smallest absolute Gasteiger partial charge is 0.221 e. The first kappa shape index (κ1) is 15.2. The summed E-state index contributed by atoms with van der Waals surface area (Å²) in [7, 11) is 1.59. The van der Waals surface area contributed by atoms with Gasteiger partial charge in [0, 0.05) is 26.6 Å². The van der Waals surface area contributed by atoms with Crippen molar-refractivity contribution in [1.29, 1.82) is 5.26 Å². The van der Waals surface area contributed by atoms with Crippen LogP contribution in [0.4, 0.5) is 0 Å². The van der Waals surface area contributed by atoms with Crippen LogP contribution in [-0.4, -0.2) is 35.7 Å². The molecule has 6 nitrogen and oxygen atoms in total. The zero-order valence-corrected chi connectivity index (χ0v) is 12.5. The molecular formula is C14H16N4O2S. The first-order chi connectivity index (χ1) is 10.2. The number of aromatic amines is 1. The Morgan fingerprint density at radius 3 is 3.10 bits per heavy atom. The Balaban J connectivity index is 2.11. The molecule has 0 unspecified atom stereocenters. The van der Waals surface area contributed by atoms with E-state index < -0.39 is 0 Å². The Morgan fingerprint density at radius 1 is 1.57 bits per heavy atom. The van der Waals surface area contributed by atoms with E-state index in [0.717, 1.165) is 11.0 Å². The first-order valence-electron chi connectivity index (χ1n) is 6.54. The second-order valence-corrected chi connectivity index (χ2v) is 4.90. The molecule has 0 bridgehead atoms. The van der Waals surface area contributed by atoms with Crippen LogP contribution in [0.2, 0.25) is 0 Å². The number of ether oxygens (including phenoxy) is 1. The molecule has 2 N–H and O–H groups in total. The van der Waals surface area contributed by atoms with E-state index in [2.05, 4.69) is 16.4 Å². The lowest BCUT2D eigenvalue weighted by molar-refractivity contribution is -0.121. The maximum atomic E-state index is 11.7. The molecule has 2 aromatic rings. The average molecular weight is 304 g/mol. The highest BCUT2D eigenvalue weighted by atomic mass is 32.1. The highest BCUT2D eigenvalue weighted by Gasteiger charge is 2.07. The molecule has 0 aliphatic carbocycles. The van der Waals surface area contributed by atoms with Crippen molar-refractivity contribution in [2.24, 2.45) is 0 Å². The van der Waals surface area contributed by atoms with Gasteiger partial charge in [0.1, 0.15) is 0 Å². The summed E-state index contributed by atoms with van der Waals surface area (Å²) in [4.78, 5) is 14.8. The summed E-state index contributed by atoms with van der Waals surface area (Å²) in [6, 6.07) is 7.42. The molecule has 1 aromatic heterocycles. The minimum atomic E-state index is -0.0558. The molecule has 1 amide bonds. The number of fused-ring (bicyclic) bond motifs is 1. The summed E-state index contributed by atoms with van der Waals surface area (Å²) < 4.78 is 7.25. The van der Waals surface area contributed by atoms with Crippen molar-refractivity contribution >= 4 is 29.2 Å². The molecule has 0 spiro atoms. The number of carbonyl (C=O) groups is 1.